The molecule has 0 aliphatic rings. The van der Waals surface area contributed by atoms with Crippen LogP contribution in [0, 0.1) is 10.1 Å². The van der Waals surface area contributed by atoms with Crippen molar-refractivity contribution in [1.29, 1.82) is 0 Å². The Hall–Kier alpha value is -3.44. The van der Waals surface area contributed by atoms with E-state index >= 15 is 0 Å². The number of non-ortho nitro benzene ring substituents is 1. The van der Waals surface area contributed by atoms with Gasteiger partial charge in [0.15, 0.2) is 18.3 Å². The average Bonchev–Trinajstić information content (AvgIpc) is 2.70. The molecule has 2 aromatic rings. The van der Waals surface area contributed by atoms with Gasteiger partial charge >= 0.3 is 0 Å². The number of halogens is 1. The van der Waals surface area contributed by atoms with Crippen molar-refractivity contribution in [2.45, 2.75) is 0 Å². The van der Waals surface area contributed by atoms with Crippen LogP contribution in [-0.2, 0) is 9.59 Å². The fourth-order valence-corrected chi connectivity index (χ4v) is 2.23. The Morgan fingerprint density at radius 3 is 2.31 bits per heavy atom. The highest BCUT2D eigenvalue weighted by Gasteiger charge is 2.09. The van der Waals surface area contributed by atoms with Gasteiger partial charge in [0.2, 0.25) is 0 Å². The minimum Gasteiger partial charge on any atom is -0.484 e. The molecule has 0 saturated heterocycles. The van der Waals surface area contributed by atoms with Crippen molar-refractivity contribution in [3.05, 3.63) is 63.7 Å². The Morgan fingerprint density at radius 1 is 1.00 bits per heavy atom. The lowest BCUT2D eigenvalue weighted by Crippen LogP contribution is -2.50. The topological polar surface area (TPSA) is 132 Å². The van der Waals surface area contributed by atoms with E-state index in [0.29, 0.717) is 10.8 Å². The number of ether oxygens (including phenoxy) is 2. The number of nitrogens with one attached hydrogen (secondary N) is 3. The van der Waals surface area contributed by atoms with E-state index in [1.807, 2.05) is 0 Å². The van der Waals surface area contributed by atoms with Crippen molar-refractivity contribution in [1.82, 2.24) is 16.2 Å². The number of nitrogens with zero attached hydrogens (tertiary/aromatic N) is 1. The standard InChI is InChI=1S/C17H15ClN4O6S/c18-13-3-1-2-4-14(13)28-10-16(24)20-21-17(29)19-15(23)9-27-12-7-5-11(6-8-12)22(25)26/h1-8H,9-10H2,(H,20,24)(H2,19,21,23,29). The fraction of sp³-hybridized carbons (Fsp3) is 0.118. The van der Waals surface area contributed by atoms with Gasteiger partial charge in [0.25, 0.3) is 17.5 Å². The molecule has 0 aliphatic carbocycles. The smallest absolute Gasteiger partial charge is 0.276 e. The Labute approximate surface area is 175 Å². The van der Waals surface area contributed by atoms with E-state index in [1.165, 1.54) is 24.3 Å². The predicted octanol–water partition coefficient (Wildman–Crippen LogP) is 1.73. The molecular weight excluding hydrogens is 424 g/mol. The molecule has 29 heavy (non-hydrogen) atoms. The van der Waals surface area contributed by atoms with Gasteiger partial charge in [-0.25, -0.2) is 0 Å². The molecule has 0 fully saturated rings. The first kappa shape index (κ1) is 21.9. The monoisotopic (exact) mass is 438 g/mol. The van der Waals surface area contributed by atoms with Gasteiger partial charge in [-0.1, -0.05) is 23.7 Å². The molecule has 12 heteroatoms. The summed E-state index contributed by atoms with van der Waals surface area (Å²) in [6.07, 6.45) is 0. The number of carbonyl (C=O) groups excluding carboxylic acids is 2. The molecule has 0 aromatic heterocycles. The van der Waals surface area contributed by atoms with Crippen molar-refractivity contribution >= 4 is 46.4 Å². The van der Waals surface area contributed by atoms with Gasteiger partial charge in [-0.05, 0) is 36.5 Å². The summed E-state index contributed by atoms with van der Waals surface area (Å²) < 4.78 is 10.4. The van der Waals surface area contributed by atoms with Crippen molar-refractivity contribution in [2.24, 2.45) is 0 Å². The number of carbonyl (C=O) groups is 2. The van der Waals surface area contributed by atoms with Crippen LogP contribution in [0.4, 0.5) is 5.69 Å². The minimum atomic E-state index is -0.595. The van der Waals surface area contributed by atoms with Gasteiger partial charge in [0.05, 0.1) is 9.95 Å². The molecule has 0 heterocycles. The molecule has 0 bridgehead atoms. The number of thiocarbonyl (C=S) groups is 1. The third-order valence-corrected chi connectivity index (χ3v) is 3.70. The second-order valence-electron chi connectivity index (χ2n) is 5.31. The van der Waals surface area contributed by atoms with Crippen LogP contribution in [0.2, 0.25) is 5.02 Å². The van der Waals surface area contributed by atoms with E-state index in [1.54, 1.807) is 24.3 Å². The van der Waals surface area contributed by atoms with Crippen LogP contribution in [0.1, 0.15) is 0 Å². The number of benzene rings is 2. The second-order valence-corrected chi connectivity index (χ2v) is 6.12. The Morgan fingerprint density at radius 2 is 1.66 bits per heavy atom. The Kier molecular flexibility index (Phi) is 8.12. The summed E-state index contributed by atoms with van der Waals surface area (Å²) in [7, 11) is 0. The zero-order valence-electron chi connectivity index (χ0n) is 14.7. The summed E-state index contributed by atoms with van der Waals surface area (Å²) in [5.74, 6) is -0.524. The third-order valence-electron chi connectivity index (χ3n) is 3.18. The molecule has 2 rings (SSSR count). The number of nitro groups is 1. The van der Waals surface area contributed by atoms with Crippen LogP contribution in [0.5, 0.6) is 11.5 Å². The molecule has 0 radical (unpaired) electrons. The minimum absolute atomic E-state index is 0.0959. The van der Waals surface area contributed by atoms with E-state index in [2.05, 4.69) is 16.2 Å². The SMILES string of the molecule is O=C(COc1ccccc1Cl)NNC(=S)NC(=O)COc1ccc([N+](=O)[O-])cc1. The lowest BCUT2D eigenvalue weighted by Gasteiger charge is -2.12. The van der Waals surface area contributed by atoms with Gasteiger partial charge < -0.3 is 9.47 Å². The van der Waals surface area contributed by atoms with Gasteiger partial charge in [-0.3, -0.25) is 35.9 Å². The van der Waals surface area contributed by atoms with Gasteiger partial charge in [-0.15, -0.1) is 0 Å². The summed E-state index contributed by atoms with van der Waals surface area (Å²) in [5.41, 5.74) is 4.49. The number of amides is 2. The van der Waals surface area contributed by atoms with Gasteiger partial charge in [0, 0.05) is 12.1 Å². The number of para-hydroxylation sites is 1. The zero-order chi connectivity index (χ0) is 21.2. The molecule has 0 atom stereocenters. The van der Waals surface area contributed by atoms with Crippen LogP contribution in [0.15, 0.2) is 48.5 Å². The molecular formula is C17H15ClN4O6S. The van der Waals surface area contributed by atoms with Crippen molar-refractivity contribution in [3.8, 4) is 11.5 Å². The van der Waals surface area contributed by atoms with Crippen LogP contribution >= 0.6 is 23.8 Å². The van der Waals surface area contributed by atoms with E-state index in [9.17, 15) is 19.7 Å². The molecule has 0 spiro atoms. The molecule has 2 amide bonds. The highest BCUT2D eigenvalue weighted by Crippen LogP contribution is 2.22. The van der Waals surface area contributed by atoms with E-state index in [-0.39, 0.29) is 29.8 Å². The quantitative estimate of drug-likeness (QED) is 0.338. The summed E-state index contributed by atoms with van der Waals surface area (Å²) in [6.45, 7) is -0.709. The molecule has 2 aromatic carbocycles. The van der Waals surface area contributed by atoms with Crippen LogP contribution in [-0.4, -0.2) is 35.1 Å². The fourth-order valence-electron chi connectivity index (χ4n) is 1.87. The zero-order valence-corrected chi connectivity index (χ0v) is 16.3. The first-order valence-electron chi connectivity index (χ1n) is 7.98. The summed E-state index contributed by atoms with van der Waals surface area (Å²) in [4.78, 5) is 33.5. The lowest BCUT2D eigenvalue weighted by molar-refractivity contribution is -0.384. The number of nitro benzene ring substituents is 1. The van der Waals surface area contributed by atoms with E-state index in [4.69, 9.17) is 33.3 Å². The summed E-state index contributed by atoms with van der Waals surface area (Å²) >= 11 is 10.8. The van der Waals surface area contributed by atoms with Gasteiger partial charge in [0.1, 0.15) is 11.5 Å². The number of hydrogen-bond acceptors (Lipinski definition) is 7. The highest BCUT2D eigenvalue weighted by atomic mass is 35.5. The summed E-state index contributed by atoms with van der Waals surface area (Å²) in [6, 6.07) is 11.9. The largest absolute Gasteiger partial charge is 0.484 e. The van der Waals surface area contributed by atoms with Crippen LogP contribution in [0.25, 0.3) is 0 Å². The predicted molar refractivity (Wildman–Crippen MR) is 108 cm³/mol. The molecule has 3 N–H and O–H groups in total. The first-order chi connectivity index (χ1) is 13.8. The van der Waals surface area contributed by atoms with Gasteiger partial charge in [-0.2, -0.15) is 0 Å². The maximum absolute atomic E-state index is 11.8. The Balaban J connectivity index is 1.66. The van der Waals surface area contributed by atoms with Crippen LogP contribution < -0.4 is 25.6 Å². The van der Waals surface area contributed by atoms with Crippen molar-refractivity contribution < 1.29 is 24.0 Å². The number of hydrazine groups is 1. The normalized spacial score (nSPS) is 9.83. The Bertz CT molecular complexity index is 909. The molecule has 152 valence electrons. The highest BCUT2D eigenvalue weighted by molar-refractivity contribution is 7.80. The average molecular weight is 439 g/mol. The third kappa shape index (κ3) is 7.60. The number of rotatable bonds is 7. The number of hydrogen-bond donors (Lipinski definition) is 3. The van der Waals surface area contributed by atoms with Crippen LogP contribution in [0.3, 0.4) is 0 Å². The van der Waals surface area contributed by atoms with E-state index < -0.39 is 16.7 Å². The second kappa shape index (κ2) is 10.8. The lowest BCUT2D eigenvalue weighted by atomic mass is 10.3. The molecule has 10 nitrogen and oxygen atoms in total. The maximum Gasteiger partial charge on any atom is 0.276 e. The first-order valence-corrected chi connectivity index (χ1v) is 8.77. The van der Waals surface area contributed by atoms with E-state index in [0.717, 1.165) is 0 Å². The maximum atomic E-state index is 11.8. The van der Waals surface area contributed by atoms with Crippen molar-refractivity contribution in [3.63, 3.8) is 0 Å². The molecule has 0 aliphatic heterocycles. The summed E-state index contributed by atoms with van der Waals surface area (Å²) in [5, 5.41) is 13.1. The molecule has 0 saturated carbocycles. The molecule has 0 unspecified atom stereocenters. The van der Waals surface area contributed by atoms with Crippen molar-refractivity contribution in [2.75, 3.05) is 13.2 Å².